The van der Waals surface area contributed by atoms with Gasteiger partial charge in [-0.05, 0) is 82.8 Å². The van der Waals surface area contributed by atoms with Crippen molar-refractivity contribution in [1.82, 2.24) is 15.1 Å². The van der Waals surface area contributed by atoms with Gasteiger partial charge >= 0.3 is 12.1 Å². The molecule has 1 aromatic carbocycles. The highest BCUT2D eigenvalue weighted by atomic mass is 16.6. The van der Waals surface area contributed by atoms with Gasteiger partial charge in [0, 0.05) is 38.5 Å². The first kappa shape index (κ1) is 31.4. The monoisotopic (exact) mass is 556 g/mol. The zero-order valence-electron chi connectivity index (χ0n) is 24.9. The number of ether oxygens (including phenoxy) is 1. The van der Waals surface area contributed by atoms with Crippen molar-refractivity contribution in [3.63, 3.8) is 0 Å². The molecule has 3 atom stereocenters. The van der Waals surface area contributed by atoms with Crippen molar-refractivity contribution >= 4 is 23.8 Å². The van der Waals surface area contributed by atoms with E-state index in [4.69, 9.17) is 10.5 Å². The number of urea groups is 1. The van der Waals surface area contributed by atoms with E-state index < -0.39 is 29.6 Å². The summed E-state index contributed by atoms with van der Waals surface area (Å²) < 4.78 is 5.61. The van der Waals surface area contributed by atoms with Gasteiger partial charge in [0.25, 0.3) is 0 Å². The van der Waals surface area contributed by atoms with Gasteiger partial charge in [-0.25, -0.2) is 9.59 Å². The molecule has 222 valence electrons. The van der Waals surface area contributed by atoms with Crippen molar-refractivity contribution in [2.75, 3.05) is 26.2 Å². The fraction of sp³-hybridized carbons (Fsp3) is 0.677. The van der Waals surface area contributed by atoms with E-state index in [2.05, 4.69) is 17.4 Å². The number of hydrogen-bond acceptors (Lipinski definition) is 5. The Morgan fingerprint density at radius 3 is 2.23 bits per heavy atom. The predicted molar refractivity (Wildman–Crippen MR) is 155 cm³/mol. The highest BCUT2D eigenvalue weighted by molar-refractivity contribution is 5.91. The molecule has 9 heteroatoms. The van der Waals surface area contributed by atoms with Crippen LogP contribution in [0.25, 0.3) is 0 Å². The maximum Gasteiger partial charge on any atom is 0.410 e. The largest absolute Gasteiger partial charge is 0.444 e. The number of nitrogens with one attached hydrogen (secondary N) is 1. The third kappa shape index (κ3) is 8.45. The van der Waals surface area contributed by atoms with Gasteiger partial charge in [-0.15, -0.1) is 0 Å². The van der Waals surface area contributed by atoms with Gasteiger partial charge in [-0.1, -0.05) is 37.6 Å². The molecule has 2 saturated heterocycles. The molecule has 0 bridgehead atoms. The summed E-state index contributed by atoms with van der Waals surface area (Å²) in [6, 6.07) is 7.57. The lowest BCUT2D eigenvalue weighted by atomic mass is 9.81. The Morgan fingerprint density at radius 2 is 1.68 bits per heavy atom. The molecule has 0 spiro atoms. The second kappa shape index (κ2) is 14.0. The minimum Gasteiger partial charge on any atom is -0.444 e. The van der Waals surface area contributed by atoms with E-state index in [1.807, 2.05) is 51.7 Å². The van der Waals surface area contributed by atoms with Crippen LogP contribution in [0.5, 0.6) is 0 Å². The van der Waals surface area contributed by atoms with Gasteiger partial charge < -0.3 is 20.7 Å². The lowest BCUT2D eigenvalue weighted by molar-refractivity contribution is -0.132. The maximum atomic E-state index is 13.6. The van der Waals surface area contributed by atoms with Crippen molar-refractivity contribution in [1.29, 1.82) is 0 Å². The summed E-state index contributed by atoms with van der Waals surface area (Å²) in [5.74, 6) is -0.886. The maximum absolute atomic E-state index is 13.6. The first-order valence-corrected chi connectivity index (χ1v) is 14.9. The Kier molecular flexibility index (Phi) is 11.0. The average molecular weight is 557 g/mol. The number of likely N-dealkylation sites (tertiary alicyclic amines) is 2. The molecular weight excluding hydrogens is 508 g/mol. The number of ketones is 1. The molecule has 0 saturated carbocycles. The zero-order valence-corrected chi connectivity index (χ0v) is 24.9. The molecular formula is C31H48N4O5. The van der Waals surface area contributed by atoms with Gasteiger partial charge in [0.15, 0.2) is 5.78 Å². The summed E-state index contributed by atoms with van der Waals surface area (Å²) in [6.07, 6.45) is 4.14. The van der Waals surface area contributed by atoms with Crippen molar-refractivity contribution in [3.05, 3.63) is 35.4 Å². The predicted octanol–water partition coefficient (Wildman–Crippen LogP) is 4.62. The van der Waals surface area contributed by atoms with Gasteiger partial charge in [0.1, 0.15) is 5.60 Å². The summed E-state index contributed by atoms with van der Waals surface area (Å²) in [5.41, 5.74) is 7.28. The molecule has 3 rings (SSSR count). The molecule has 1 aromatic rings. The number of nitrogens with two attached hydrogens (primary N) is 1. The van der Waals surface area contributed by atoms with Crippen molar-refractivity contribution in [3.8, 4) is 0 Å². The van der Waals surface area contributed by atoms with Crippen LogP contribution in [-0.2, 0) is 20.7 Å². The van der Waals surface area contributed by atoms with Crippen LogP contribution in [0.3, 0.4) is 0 Å². The normalized spacial score (nSPS) is 21.0. The number of carbonyl (C=O) groups excluding carboxylic acids is 4. The molecule has 2 aliphatic heterocycles. The Balaban J connectivity index is 1.65. The summed E-state index contributed by atoms with van der Waals surface area (Å²) in [4.78, 5) is 54.6. The number of piperidine rings is 2. The third-order valence-corrected chi connectivity index (χ3v) is 8.13. The number of hydrogen-bond donors (Lipinski definition) is 2. The molecule has 2 fully saturated rings. The first-order valence-electron chi connectivity index (χ1n) is 14.9. The standard InChI is InChI=1S/C31H48N4O5/c1-6-22-9-8-16-35(30(39)40-31(3,4)5)27(22)26(36)20-25(28(32)37)19-21-10-12-23(13-11-21)24-14-17-34(18-15-24)29(38)33-7-2/h10-13,22,24-25,27H,6-9,14-20H2,1-5H3,(H2,32,37)(H,33,38)/t22-,25-,27+/m1/s1. The number of benzene rings is 1. The summed E-state index contributed by atoms with van der Waals surface area (Å²) in [7, 11) is 0. The van der Waals surface area contributed by atoms with E-state index in [1.165, 1.54) is 5.56 Å². The number of primary amides is 1. The summed E-state index contributed by atoms with van der Waals surface area (Å²) >= 11 is 0. The van der Waals surface area contributed by atoms with Crippen molar-refractivity contribution in [2.24, 2.45) is 17.6 Å². The first-order chi connectivity index (χ1) is 18.9. The lowest BCUT2D eigenvalue weighted by Crippen LogP contribution is -2.54. The molecule has 2 aliphatic rings. The van der Waals surface area contributed by atoms with Crippen molar-refractivity contribution < 1.29 is 23.9 Å². The van der Waals surface area contributed by atoms with Crippen LogP contribution in [-0.4, -0.2) is 71.4 Å². The summed E-state index contributed by atoms with van der Waals surface area (Å²) in [6.45, 7) is 11.9. The Bertz CT molecular complexity index is 1030. The molecule has 0 aromatic heterocycles. The number of nitrogens with zero attached hydrogens (tertiary/aromatic N) is 2. The molecule has 0 unspecified atom stereocenters. The van der Waals surface area contributed by atoms with E-state index >= 15 is 0 Å². The van der Waals surface area contributed by atoms with E-state index in [1.54, 1.807) is 4.90 Å². The molecule has 4 amide bonds. The highest BCUT2D eigenvalue weighted by Gasteiger charge is 2.41. The fourth-order valence-electron chi connectivity index (χ4n) is 5.99. The van der Waals surface area contributed by atoms with Crippen LogP contribution < -0.4 is 11.1 Å². The number of Topliss-reactive ketones (excluding diaryl/α,β-unsaturated/α-hetero) is 1. The van der Waals surface area contributed by atoms with Crippen LogP contribution >= 0.6 is 0 Å². The number of rotatable bonds is 9. The van der Waals surface area contributed by atoms with Crippen LogP contribution in [0.4, 0.5) is 9.59 Å². The van der Waals surface area contributed by atoms with Crippen molar-refractivity contribution in [2.45, 2.75) is 97.1 Å². The van der Waals surface area contributed by atoms with Gasteiger partial charge in [-0.2, -0.15) is 0 Å². The average Bonchev–Trinajstić information content (AvgIpc) is 2.91. The van der Waals surface area contributed by atoms with Crippen LogP contribution in [0.2, 0.25) is 0 Å². The van der Waals surface area contributed by atoms with E-state index in [9.17, 15) is 19.2 Å². The van der Waals surface area contributed by atoms with Gasteiger partial charge in [-0.3, -0.25) is 14.5 Å². The Morgan fingerprint density at radius 1 is 1.02 bits per heavy atom. The quantitative estimate of drug-likeness (QED) is 0.459. The molecule has 0 radical (unpaired) electrons. The van der Waals surface area contributed by atoms with Gasteiger partial charge in [0.05, 0.1) is 6.04 Å². The SMILES string of the molecule is CCNC(=O)N1CCC(c2ccc(C[C@H](CC(=O)[C@@H]3[C@H](CC)CCCN3C(=O)OC(C)(C)C)C(N)=O)cc2)CC1. The van der Waals surface area contributed by atoms with E-state index in [-0.39, 0.29) is 24.2 Å². The molecule has 3 N–H and O–H groups in total. The minimum absolute atomic E-state index is 0.00367. The second-order valence-electron chi connectivity index (χ2n) is 12.2. The van der Waals surface area contributed by atoms with Crippen LogP contribution in [0, 0.1) is 11.8 Å². The Labute approximate surface area is 239 Å². The molecule has 2 heterocycles. The summed E-state index contributed by atoms with van der Waals surface area (Å²) in [5, 5.41) is 2.86. The van der Waals surface area contributed by atoms with Gasteiger partial charge in [0.2, 0.25) is 5.91 Å². The molecule has 9 nitrogen and oxygen atoms in total. The second-order valence-corrected chi connectivity index (χ2v) is 12.2. The Hall–Kier alpha value is -3.10. The molecule has 0 aliphatic carbocycles. The third-order valence-electron chi connectivity index (χ3n) is 8.13. The number of carbonyl (C=O) groups is 4. The fourth-order valence-corrected chi connectivity index (χ4v) is 5.99. The van der Waals surface area contributed by atoms with Crippen LogP contribution in [0.15, 0.2) is 24.3 Å². The van der Waals surface area contributed by atoms with Crippen LogP contribution in [0.1, 0.15) is 90.2 Å². The smallest absolute Gasteiger partial charge is 0.410 e. The highest BCUT2D eigenvalue weighted by Crippen LogP contribution is 2.31. The topological polar surface area (TPSA) is 122 Å². The lowest BCUT2D eigenvalue weighted by Gasteiger charge is -2.41. The molecule has 40 heavy (non-hydrogen) atoms. The minimum atomic E-state index is -0.660. The number of amides is 4. The van der Waals surface area contributed by atoms with E-state index in [0.717, 1.165) is 50.8 Å². The zero-order chi connectivity index (χ0) is 29.4. The van der Waals surface area contributed by atoms with E-state index in [0.29, 0.717) is 25.4 Å².